The molecule has 0 saturated carbocycles. The molecule has 2 aromatic carbocycles. The molecule has 1 aromatic heterocycles. The highest BCUT2D eigenvalue weighted by Gasteiger charge is 2.30. The van der Waals surface area contributed by atoms with Crippen molar-refractivity contribution < 1.29 is 13.2 Å². The third kappa shape index (κ3) is 3.68. The van der Waals surface area contributed by atoms with Gasteiger partial charge in [0.1, 0.15) is 0 Å². The number of alkyl halides is 3. The Kier molecular flexibility index (Phi) is 4.30. The molecule has 0 unspecified atom stereocenters. The monoisotopic (exact) mass is 316 g/mol. The lowest BCUT2D eigenvalue weighted by atomic mass is 10.1. The summed E-state index contributed by atoms with van der Waals surface area (Å²) in [4.78, 5) is 4.36. The lowest BCUT2D eigenvalue weighted by molar-refractivity contribution is -0.137. The first-order valence-electron chi connectivity index (χ1n) is 7.23. The number of aromatic nitrogens is 1. The molecule has 0 bridgehead atoms. The fourth-order valence-electron chi connectivity index (χ4n) is 2.51. The Hall–Kier alpha value is -2.40. The molecule has 23 heavy (non-hydrogen) atoms. The standard InChI is InChI=1S/C18H15F3N2/c19-18(20,21)16-8-1-4-13(10-16)11-22-12-15-6-2-5-14-7-3-9-23-17(14)15/h1-10,22H,11-12H2. The van der Waals surface area contributed by atoms with Crippen LogP contribution in [0, 0.1) is 0 Å². The SMILES string of the molecule is FC(F)(F)c1cccc(CNCc2cccc3cccnc23)c1. The van der Waals surface area contributed by atoms with E-state index in [-0.39, 0.29) is 0 Å². The average molecular weight is 316 g/mol. The van der Waals surface area contributed by atoms with Crippen LogP contribution in [0.5, 0.6) is 0 Å². The van der Waals surface area contributed by atoms with Crippen molar-refractivity contribution in [2.75, 3.05) is 0 Å². The Morgan fingerprint density at radius 3 is 2.52 bits per heavy atom. The minimum atomic E-state index is -4.31. The number of hydrogen-bond donors (Lipinski definition) is 1. The van der Waals surface area contributed by atoms with Crippen molar-refractivity contribution in [2.24, 2.45) is 0 Å². The maximum Gasteiger partial charge on any atom is 0.416 e. The summed E-state index contributed by atoms with van der Waals surface area (Å²) in [6.45, 7) is 0.914. The summed E-state index contributed by atoms with van der Waals surface area (Å²) in [6, 6.07) is 15.1. The molecule has 0 aliphatic carbocycles. The van der Waals surface area contributed by atoms with Gasteiger partial charge < -0.3 is 5.32 Å². The topological polar surface area (TPSA) is 24.9 Å². The Bertz CT molecular complexity index is 807. The second-order valence-electron chi connectivity index (χ2n) is 5.29. The van der Waals surface area contributed by atoms with Crippen molar-refractivity contribution >= 4 is 10.9 Å². The quantitative estimate of drug-likeness (QED) is 0.764. The van der Waals surface area contributed by atoms with Crippen molar-refractivity contribution in [3.8, 4) is 0 Å². The van der Waals surface area contributed by atoms with Gasteiger partial charge in [0.15, 0.2) is 0 Å². The van der Waals surface area contributed by atoms with E-state index in [9.17, 15) is 13.2 Å². The highest BCUT2D eigenvalue weighted by molar-refractivity contribution is 5.81. The van der Waals surface area contributed by atoms with E-state index in [0.29, 0.717) is 18.7 Å². The van der Waals surface area contributed by atoms with E-state index in [0.717, 1.165) is 22.5 Å². The van der Waals surface area contributed by atoms with E-state index in [1.165, 1.54) is 12.1 Å². The zero-order chi connectivity index (χ0) is 16.3. The van der Waals surface area contributed by atoms with E-state index in [2.05, 4.69) is 10.3 Å². The van der Waals surface area contributed by atoms with E-state index in [1.807, 2.05) is 30.3 Å². The summed E-state index contributed by atoms with van der Waals surface area (Å²) in [6.07, 6.45) is -2.58. The number of fused-ring (bicyclic) bond motifs is 1. The second kappa shape index (κ2) is 6.38. The highest BCUT2D eigenvalue weighted by Crippen LogP contribution is 2.29. The van der Waals surface area contributed by atoms with Crippen LogP contribution in [0.2, 0.25) is 0 Å². The first kappa shape index (κ1) is 15.5. The van der Waals surface area contributed by atoms with Crippen LogP contribution in [-0.2, 0) is 19.3 Å². The Morgan fingerprint density at radius 2 is 1.70 bits per heavy atom. The van der Waals surface area contributed by atoms with Crippen molar-refractivity contribution in [3.05, 3.63) is 77.5 Å². The van der Waals surface area contributed by atoms with Crippen LogP contribution in [0.25, 0.3) is 10.9 Å². The number of nitrogens with zero attached hydrogens (tertiary/aromatic N) is 1. The lowest BCUT2D eigenvalue weighted by Gasteiger charge is -2.10. The minimum Gasteiger partial charge on any atom is -0.309 e. The number of benzene rings is 2. The van der Waals surface area contributed by atoms with Gasteiger partial charge in [-0.3, -0.25) is 4.98 Å². The van der Waals surface area contributed by atoms with Crippen molar-refractivity contribution in [1.29, 1.82) is 0 Å². The maximum atomic E-state index is 12.7. The number of hydrogen-bond acceptors (Lipinski definition) is 2. The lowest BCUT2D eigenvalue weighted by Crippen LogP contribution is -2.14. The maximum absolute atomic E-state index is 12.7. The summed E-state index contributed by atoms with van der Waals surface area (Å²) < 4.78 is 38.1. The molecule has 1 heterocycles. The van der Waals surface area contributed by atoms with Crippen LogP contribution in [-0.4, -0.2) is 4.98 Å². The van der Waals surface area contributed by atoms with Crippen LogP contribution in [0.15, 0.2) is 60.8 Å². The summed E-state index contributed by atoms with van der Waals surface area (Å²) in [5.74, 6) is 0. The molecule has 0 aliphatic rings. The third-order valence-corrected chi connectivity index (χ3v) is 3.62. The average Bonchev–Trinajstić information content (AvgIpc) is 2.55. The van der Waals surface area contributed by atoms with Gasteiger partial charge in [-0.05, 0) is 23.3 Å². The van der Waals surface area contributed by atoms with Gasteiger partial charge >= 0.3 is 6.18 Å². The van der Waals surface area contributed by atoms with Crippen LogP contribution in [0.3, 0.4) is 0 Å². The van der Waals surface area contributed by atoms with Gasteiger partial charge in [-0.15, -0.1) is 0 Å². The molecule has 0 radical (unpaired) electrons. The first-order chi connectivity index (χ1) is 11.0. The molecule has 0 fully saturated rings. The molecule has 0 saturated heterocycles. The van der Waals surface area contributed by atoms with Gasteiger partial charge in [0.2, 0.25) is 0 Å². The molecule has 3 rings (SSSR count). The van der Waals surface area contributed by atoms with Gasteiger partial charge in [0.05, 0.1) is 11.1 Å². The molecular formula is C18H15F3N2. The zero-order valence-electron chi connectivity index (χ0n) is 12.3. The fraction of sp³-hybridized carbons (Fsp3) is 0.167. The van der Waals surface area contributed by atoms with E-state index < -0.39 is 11.7 Å². The fourth-order valence-corrected chi connectivity index (χ4v) is 2.51. The molecule has 0 atom stereocenters. The highest BCUT2D eigenvalue weighted by atomic mass is 19.4. The normalized spacial score (nSPS) is 11.8. The van der Waals surface area contributed by atoms with E-state index in [4.69, 9.17) is 0 Å². The minimum absolute atomic E-state index is 0.368. The molecule has 0 amide bonds. The van der Waals surface area contributed by atoms with Crippen molar-refractivity contribution in [3.63, 3.8) is 0 Å². The van der Waals surface area contributed by atoms with Gasteiger partial charge in [-0.25, -0.2) is 0 Å². The Labute approximate surface area is 132 Å². The van der Waals surface area contributed by atoms with Crippen molar-refractivity contribution in [2.45, 2.75) is 19.3 Å². The summed E-state index contributed by atoms with van der Waals surface area (Å²) in [5, 5.41) is 4.23. The smallest absolute Gasteiger partial charge is 0.309 e. The number of halogens is 3. The van der Waals surface area contributed by atoms with Crippen LogP contribution >= 0.6 is 0 Å². The summed E-state index contributed by atoms with van der Waals surface area (Å²) in [5.41, 5.74) is 1.92. The Balaban J connectivity index is 1.70. The molecule has 2 nitrogen and oxygen atoms in total. The molecule has 5 heteroatoms. The summed E-state index contributed by atoms with van der Waals surface area (Å²) in [7, 11) is 0. The summed E-state index contributed by atoms with van der Waals surface area (Å²) >= 11 is 0. The molecular weight excluding hydrogens is 301 g/mol. The number of rotatable bonds is 4. The predicted molar refractivity (Wildman–Crippen MR) is 83.7 cm³/mol. The number of para-hydroxylation sites is 1. The third-order valence-electron chi connectivity index (χ3n) is 3.62. The Morgan fingerprint density at radius 1 is 0.913 bits per heavy atom. The van der Waals surface area contributed by atoms with Crippen LogP contribution in [0.1, 0.15) is 16.7 Å². The number of nitrogens with one attached hydrogen (secondary N) is 1. The molecule has 0 aliphatic heterocycles. The predicted octanol–water partition coefficient (Wildman–Crippen LogP) is 4.54. The van der Waals surface area contributed by atoms with Crippen molar-refractivity contribution in [1.82, 2.24) is 10.3 Å². The van der Waals surface area contributed by atoms with E-state index >= 15 is 0 Å². The van der Waals surface area contributed by atoms with E-state index in [1.54, 1.807) is 12.3 Å². The van der Waals surface area contributed by atoms with Gasteiger partial charge in [-0.2, -0.15) is 13.2 Å². The zero-order valence-corrected chi connectivity index (χ0v) is 12.3. The molecule has 0 spiro atoms. The van der Waals surface area contributed by atoms with Gasteiger partial charge in [0, 0.05) is 24.7 Å². The van der Waals surface area contributed by atoms with Crippen LogP contribution < -0.4 is 5.32 Å². The largest absolute Gasteiger partial charge is 0.416 e. The van der Waals surface area contributed by atoms with Gasteiger partial charge in [0.25, 0.3) is 0 Å². The number of pyridine rings is 1. The molecule has 3 aromatic rings. The van der Waals surface area contributed by atoms with Crippen LogP contribution in [0.4, 0.5) is 13.2 Å². The molecule has 118 valence electrons. The molecule has 1 N–H and O–H groups in total. The second-order valence-corrected chi connectivity index (χ2v) is 5.29. The first-order valence-corrected chi connectivity index (χ1v) is 7.23. The van der Waals surface area contributed by atoms with Gasteiger partial charge in [-0.1, -0.05) is 42.5 Å².